The second kappa shape index (κ2) is 5.66. The van der Waals surface area contributed by atoms with E-state index in [1.165, 1.54) is 11.1 Å². The van der Waals surface area contributed by atoms with Crippen LogP contribution in [0.5, 0.6) is 0 Å². The van der Waals surface area contributed by atoms with E-state index in [1.807, 2.05) is 6.07 Å². The van der Waals surface area contributed by atoms with Crippen LogP contribution >= 0.6 is 0 Å². The lowest BCUT2D eigenvalue weighted by Gasteiger charge is -2.17. The van der Waals surface area contributed by atoms with Crippen molar-refractivity contribution in [3.63, 3.8) is 0 Å². The molecule has 1 aromatic heterocycles. The molecule has 0 bridgehead atoms. The summed E-state index contributed by atoms with van der Waals surface area (Å²) in [4.78, 5) is 17.8. The first-order valence-electron chi connectivity index (χ1n) is 7.02. The van der Waals surface area contributed by atoms with Gasteiger partial charge in [0, 0.05) is 32.1 Å². The molecule has 0 radical (unpaired) electrons. The van der Waals surface area contributed by atoms with Crippen molar-refractivity contribution in [3.05, 3.63) is 53.3 Å². The zero-order valence-corrected chi connectivity index (χ0v) is 12.3. The molecule has 4 heteroatoms. The molecular weight excluding hydrogens is 264 g/mol. The molecule has 108 valence electrons. The third kappa shape index (κ3) is 2.81. The first-order chi connectivity index (χ1) is 10.1. The van der Waals surface area contributed by atoms with Gasteiger partial charge in [-0.05, 0) is 29.2 Å². The number of hydrogen-bond donors (Lipinski definition) is 0. The molecule has 0 N–H and O–H groups in total. The monoisotopic (exact) mass is 282 g/mol. The van der Waals surface area contributed by atoms with Crippen molar-refractivity contribution in [1.29, 1.82) is 0 Å². The van der Waals surface area contributed by atoms with Crippen molar-refractivity contribution < 1.29 is 9.53 Å². The molecule has 0 saturated heterocycles. The summed E-state index contributed by atoms with van der Waals surface area (Å²) >= 11 is 0. The number of rotatable bonds is 2. The number of carbonyl (C=O) groups excluding carboxylic acids is 1. The largest absolute Gasteiger partial charge is 0.376 e. The number of nitrogens with zero attached hydrogens (tertiary/aromatic N) is 2. The van der Waals surface area contributed by atoms with Crippen molar-refractivity contribution in [2.24, 2.45) is 0 Å². The van der Waals surface area contributed by atoms with Crippen LogP contribution in [0.2, 0.25) is 0 Å². The van der Waals surface area contributed by atoms with Gasteiger partial charge >= 0.3 is 0 Å². The maximum absolute atomic E-state index is 12.0. The molecule has 0 spiro atoms. The predicted molar refractivity (Wildman–Crippen MR) is 81.1 cm³/mol. The van der Waals surface area contributed by atoms with Crippen molar-refractivity contribution in [1.82, 2.24) is 9.88 Å². The number of ether oxygens (including phenoxy) is 1. The Bertz CT molecular complexity index is 680. The van der Waals surface area contributed by atoms with Crippen molar-refractivity contribution in [3.8, 4) is 11.1 Å². The highest BCUT2D eigenvalue weighted by Gasteiger charge is 2.13. The van der Waals surface area contributed by atoms with Gasteiger partial charge < -0.3 is 9.64 Å². The summed E-state index contributed by atoms with van der Waals surface area (Å²) in [5.41, 5.74) is 5.24. The molecule has 4 nitrogen and oxygen atoms in total. The Morgan fingerprint density at radius 2 is 2.00 bits per heavy atom. The minimum atomic E-state index is -0.0317. The van der Waals surface area contributed by atoms with E-state index in [4.69, 9.17) is 4.74 Å². The maximum Gasteiger partial charge on any atom is 0.254 e. The van der Waals surface area contributed by atoms with Gasteiger partial charge in [-0.15, -0.1) is 0 Å². The van der Waals surface area contributed by atoms with Crippen LogP contribution in [0.25, 0.3) is 11.1 Å². The summed E-state index contributed by atoms with van der Waals surface area (Å²) in [7, 11) is 3.49. The molecule has 1 aromatic carbocycles. The van der Waals surface area contributed by atoms with Gasteiger partial charge in [0.25, 0.3) is 5.91 Å². The third-order valence-corrected chi connectivity index (χ3v) is 3.70. The summed E-state index contributed by atoms with van der Waals surface area (Å²) in [6.07, 6.45) is 4.35. The molecule has 3 rings (SSSR count). The van der Waals surface area contributed by atoms with Gasteiger partial charge in [0.2, 0.25) is 0 Å². The first-order valence-corrected chi connectivity index (χ1v) is 7.02. The molecule has 21 heavy (non-hydrogen) atoms. The molecule has 1 amide bonds. The standard InChI is InChI=1S/C17H18N2O2/c1-19(2)17(20)16-8-15(9-18-10-16)12-3-4-14-11-21-6-5-13(14)7-12/h3-4,7-10H,5-6,11H2,1-2H3. The Morgan fingerprint density at radius 1 is 1.14 bits per heavy atom. The number of hydrogen-bond acceptors (Lipinski definition) is 3. The van der Waals surface area contributed by atoms with Crippen LogP contribution in [0.1, 0.15) is 21.5 Å². The number of amides is 1. The van der Waals surface area contributed by atoms with E-state index < -0.39 is 0 Å². The van der Waals surface area contributed by atoms with E-state index in [0.717, 1.165) is 24.2 Å². The fourth-order valence-corrected chi connectivity index (χ4v) is 2.52. The minimum absolute atomic E-state index is 0.0317. The zero-order chi connectivity index (χ0) is 14.8. The number of benzene rings is 1. The number of fused-ring (bicyclic) bond motifs is 1. The van der Waals surface area contributed by atoms with Crippen LogP contribution in [0.3, 0.4) is 0 Å². The molecule has 0 fully saturated rings. The van der Waals surface area contributed by atoms with E-state index in [2.05, 4.69) is 23.2 Å². The molecule has 0 unspecified atom stereocenters. The Hall–Kier alpha value is -2.20. The van der Waals surface area contributed by atoms with Gasteiger partial charge in [0.1, 0.15) is 0 Å². The Kier molecular flexibility index (Phi) is 3.71. The summed E-state index contributed by atoms with van der Waals surface area (Å²) in [5.74, 6) is -0.0317. The van der Waals surface area contributed by atoms with Crippen LogP contribution < -0.4 is 0 Å². The Labute approximate surface area is 124 Å². The zero-order valence-electron chi connectivity index (χ0n) is 12.3. The third-order valence-electron chi connectivity index (χ3n) is 3.70. The topological polar surface area (TPSA) is 42.4 Å². The van der Waals surface area contributed by atoms with Crippen LogP contribution in [-0.4, -0.2) is 36.5 Å². The molecule has 0 saturated carbocycles. The van der Waals surface area contributed by atoms with Crippen molar-refractivity contribution >= 4 is 5.91 Å². The molecule has 1 aliphatic heterocycles. The fourth-order valence-electron chi connectivity index (χ4n) is 2.52. The summed E-state index contributed by atoms with van der Waals surface area (Å²) in [5, 5.41) is 0. The highest BCUT2D eigenvalue weighted by molar-refractivity contribution is 5.94. The summed E-state index contributed by atoms with van der Waals surface area (Å²) < 4.78 is 5.46. The molecule has 0 aliphatic carbocycles. The summed E-state index contributed by atoms with van der Waals surface area (Å²) in [6, 6.07) is 8.24. The van der Waals surface area contributed by atoms with Gasteiger partial charge in [-0.1, -0.05) is 18.2 Å². The lowest BCUT2D eigenvalue weighted by atomic mass is 9.97. The second-order valence-electron chi connectivity index (χ2n) is 5.45. The SMILES string of the molecule is CN(C)C(=O)c1cncc(-c2ccc3c(c2)CCOC3)c1. The van der Waals surface area contributed by atoms with Gasteiger partial charge in [-0.3, -0.25) is 9.78 Å². The minimum Gasteiger partial charge on any atom is -0.376 e. The molecule has 2 heterocycles. The van der Waals surface area contributed by atoms with Crippen LogP contribution in [0, 0.1) is 0 Å². The number of aromatic nitrogens is 1. The van der Waals surface area contributed by atoms with Crippen LogP contribution in [-0.2, 0) is 17.8 Å². The normalized spacial score (nSPS) is 13.6. The van der Waals surface area contributed by atoms with Gasteiger partial charge in [0.15, 0.2) is 0 Å². The van der Waals surface area contributed by atoms with Crippen LogP contribution in [0.4, 0.5) is 0 Å². The number of pyridine rings is 1. The molecular formula is C17H18N2O2. The van der Waals surface area contributed by atoms with E-state index in [9.17, 15) is 4.79 Å². The van der Waals surface area contributed by atoms with Crippen molar-refractivity contribution in [2.45, 2.75) is 13.0 Å². The highest BCUT2D eigenvalue weighted by atomic mass is 16.5. The average Bonchev–Trinajstić information content (AvgIpc) is 2.53. The van der Waals surface area contributed by atoms with Crippen molar-refractivity contribution in [2.75, 3.05) is 20.7 Å². The fraction of sp³-hybridized carbons (Fsp3) is 0.294. The Morgan fingerprint density at radius 3 is 2.81 bits per heavy atom. The van der Waals surface area contributed by atoms with Gasteiger partial charge in [-0.2, -0.15) is 0 Å². The van der Waals surface area contributed by atoms with E-state index in [0.29, 0.717) is 12.2 Å². The van der Waals surface area contributed by atoms with Gasteiger partial charge in [-0.25, -0.2) is 0 Å². The van der Waals surface area contributed by atoms with E-state index >= 15 is 0 Å². The number of carbonyl (C=O) groups is 1. The first kappa shape index (κ1) is 13.8. The Balaban J connectivity index is 1.97. The molecule has 0 atom stereocenters. The molecule has 2 aromatic rings. The summed E-state index contributed by atoms with van der Waals surface area (Å²) in [6.45, 7) is 1.46. The highest BCUT2D eigenvalue weighted by Crippen LogP contribution is 2.25. The second-order valence-corrected chi connectivity index (χ2v) is 5.45. The van der Waals surface area contributed by atoms with Gasteiger partial charge in [0.05, 0.1) is 18.8 Å². The lowest BCUT2D eigenvalue weighted by Crippen LogP contribution is -2.21. The lowest BCUT2D eigenvalue weighted by molar-refractivity contribution is 0.0827. The smallest absolute Gasteiger partial charge is 0.254 e. The van der Waals surface area contributed by atoms with E-state index in [1.54, 1.807) is 31.4 Å². The maximum atomic E-state index is 12.0. The quantitative estimate of drug-likeness (QED) is 0.850. The van der Waals surface area contributed by atoms with Crippen LogP contribution in [0.15, 0.2) is 36.7 Å². The average molecular weight is 282 g/mol. The predicted octanol–water partition coefficient (Wildman–Crippen LogP) is 2.52. The van der Waals surface area contributed by atoms with E-state index in [-0.39, 0.29) is 5.91 Å². The molecule has 1 aliphatic rings.